The summed E-state index contributed by atoms with van der Waals surface area (Å²) in [4.78, 5) is 0. The van der Waals surface area contributed by atoms with Crippen LogP contribution in [0.2, 0.25) is 0 Å². The zero-order valence-electron chi connectivity index (χ0n) is 7.91. The van der Waals surface area contributed by atoms with Crippen LogP contribution in [0.5, 0.6) is 0 Å². The minimum Gasteiger partial charge on any atom is -0.166 e. The summed E-state index contributed by atoms with van der Waals surface area (Å²) in [5.41, 5.74) is -2.84. The molecule has 0 N–H and O–H groups in total. The Balaban J connectivity index is 3.34. The molecular weight excluding hydrogens is 234 g/mol. The van der Waals surface area contributed by atoms with Crippen molar-refractivity contribution in [3.05, 3.63) is 41.8 Å². The van der Waals surface area contributed by atoms with E-state index in [9.17, 15) is 26.3 Å². The third kappa shape index (κ3) is 2.68. The van der Waals surface area contributed by atoms with Crippen molar-refractivity contribution in [2.75, 3.05) is 0 Å². The molecule has 6 heteroatoms. The van der Waals surface area contributed by atoms with Crippen LogP contribution in [-0.2, 0) is 18.8 Å². The summed E-state index contributed by atoms with van der Waals surface area (Å²) < 4.78 is 73.9. The quantitative estimate of drug-likeness (QED) is 0.649. The molecule has 1 rings (SSSR count). The van der Waals surface area contributed by atoms with E-state index in [4.69, 9.17) is 0 Å². The Bertz CT molecular complexity index is 374. The molecule has 0 aromatic heterocycles. The van der Waals surface area contributed by atoms with Crippen LogP contribution in [0, 0.1) is 6.92 Å². The molecule has 89 valence electrons. The Hall–Kier alpha value is -1.20. The average Bonchev–Trinajstić information content (AvgIpc) is 2.14. The van der Waals surface area contributed by atoms with Gasteiger partial charge in [0.1, 0.15) is 0 Å². The van der Waals surface area contributed by atoms with Crippen LogP contribution in [0.1, 0.15) is 16.7 Å². The maximum atomic E-state index is 12.4. The predicted octanol–water partition coefficient (Wildman–Crippen LogP) is 4.10. The molecule has 0 aliphatic carbocycles. The minimum absolute atomic E-state index is 0.112. The first-order valence-corrected chi connectivity index (χ1v) is 4.23. The fraction of sp³-hybridized carbons (Fsp3) is 0.300. The van der Waals surface area contributed by atoms with E-state index in [-0.39, 0.29) is 18.1 Å². The number of halogens is 6. The van der Waals surface area contributed by atoms with Gasteiger partial charge in [-0.3, -0.25) is 0 Å². The molecule has 16 heavy (non-hydrogen) atoms. The molecular formula is C10H7F6. The van der Waals surface area contributed by atoms with Crippen LogP contribution < -0.4 is 0 Å². The molecule has 0 nitrogen and oxygen atoms in total. The SMILES string of the molecule is [CH2]Cc1ccc(C(F)(F)F)cc1C(F)(F)F. The smallest absolute Gasteiger partial charge is 0.166 e. The third-order valence-electron chi connectivity index (χ3n) is 2.01. The van der Waals surface area contributed by atoms with E-state index in [0.29, 0.717) is 6.07 Å². The molecule has 1 aromatic carbocycles. The van der Waals surface area contributed by atoms with E-state index in [1.165, 1.54) is 0 Å². The molecule has 0 spiro atoms. The van der Waals surface area contributed by atoms with Crippen molar-refractivity contribution in [2.45, 2.75) is 18.8 Å². The Labute approximate surface area is 87.9 Å². The zero-order chi connectivity index (χ0) is 12.6. The predicted molar refractivity (Wildman–Crippen MR) is 45.5 cm³/mol. The largest absolute Gasteiger partial charge is 0.416 e. The maximum absolute atomic E-state index is 12.4. The number of alkyl halides is 6. The minimum atomic E-state index is -4.80. The van der Waals surface area contributed by atoms with Gasteiger partial charge in [0.05, 0.1) is 11.1 Å². The van der Waals surface area contributed by atoms with E-state index >= 15 is 0 Å². The first-order valence-electron chi connectivity index (χ1n) is 4.23. The van der Waals surface area contributed by atoms with Gasteiger partial charge in [-0.05, 0) is 31.0 Å². The van der Waals surface area contributed by atoms with Gasteiger partial charge in [0.25, 0.3) is 0 Å². The lowest BCUT2D eigenvalue weighted by Crippen LogP contribution is -2.13. The highest BCUT2D eigenvalue weighted by Gasteiger charge is 2.37. The van der Waals surface area contributed by atoms with Crippen molar-refractivity contribution >= 4 is 0 Å². The number of benzene rings is 1. The highest BCUT2D eigenvalue weighted by molar-refractivity contribution is 5.35. The molecule has 0 fully saturated rings. The van der Waals surface area contributed by atoms with Gasteiger partial charge < -0.3 is 0 Å². The van der Waals surface area contributed by atoms with Crippen LogP contribution in [0.25, 0.3) is 0 Å². The second-order valence-corrected chi connectivity index (χ2v) is 3.12. The van der Waals surface area contributed by atoms with Gasteiger partial charge in [-0.2, -0.15) is 26.3 Å². The Morgan fingerprint density at radius 3 is 1.88 bits per heavy atom. The lowest BCUT2D eigenvalue weighted by Gasteiger charge is -2.14. The van der Waals surface area contributed by atoms with Gasteiger partial charge in [-0.25, -0.2) is 0 Å². The molecule has 0 amide bonds. The van der Waals surface area contributed by atoms with Gasteiger partial charge in [-0.1, -0.05) is 6.07 Å². The molecule has 0 aliphatic rings. The van der Waals surface area contributed by atoms with Crippen molar-refractivity contribution in [1.82, 2.24) is 0 Å². The summed E-state index contributed by atoms with van der Waals surface area (Å²) in [6.07, 6.45) is -9.79. The van der Waals surface area contributed by atoms with Gasteiger partial charge in [-0.15, -0.1) is 0 Å². The molecule has 0 unspecified atom stereocenters. The fourth-order valence-electron chi connectivity index (χ4n) is 1.23. The summed E-state index contributed by atoms with van der Waals surface area (Å²) in [5.74, 6) is 0. The van der Waals surface area contributed by atoms with Crippen LogP contribution in [0.15, 0.2) is 18.2 Å². The van der Waals surface area contributed by atoms with Crippen molar-refractivity contribution in [1.29, 1.82) is 0 Å². The topological polar surface area (TPSA) is 0 Å². The third-order valence-corrected chi connectivity index (χ3v) is 2.01. The van der Waals surface area contributed by atoms with Crippen molar-refractivity contribution in [2.24, 2.45) is 0 Å². The molecule has 0 heterocycles. The van der Waals surface area contributed by atoms with E-state index in [0.717, 1.165) is 6.07 Å². The Morgan fingerprint density at radius 2 is 1.50 bits per heavy atom. The molecule has 0 saturated carbocycles. The van der Waals surface area contributed by atoms with E-state index in [2.05, 4.69) is 6.92 Å². The van der Waals surface area contributed by atoms with Crippen LogP contribution in [-0.4, -0.2) is 0 Å². The lowest BCUT2D eigenvalue weighted by atomic mass is 10.0. The maximum Gasteiger partial charge on any atom is 0.416 e. The normalized spacial score (nSPS) is 12.9. The van der Waals surface area contributed by atoms with Crippen LogP contribution >= 0.6 is 0 Å². The summed E-state index contributed by atoms with van der Waals surface area (Å²) >= 11 is 0. The first-order chi connectivity index (χ1) is 7.16. The van der Waals surface area contributed by atoms with Crippen molar-refractivity contribution in [3.63, 3.8) is 0 Å². The molecule has 1 aromatic rings. The molecule has 1 radical (unpaired) electrons. The summed E-state index contributed by atoms with van der Waals surface area (Å²) in [5, 5.41) is 0. The van der Waals surface area contributed by atoms with Gasteiger partial charge in [0.15, 0.2) is 0 Å². The summed E-state index contributed by atoms with van der Waals surface area (Å²) in [6.45, 7) is 3.24. The number of rotatable bonds is 1. The summed E-state index contributed by atoms with van der Waals surface area (Å²) in [7, 11) is 0. The standard InChI is InChI=1S/C10H7F6/c1-2-6-3-4-7(9(11,12)13)5-8(6)10(14,15)16/h3-5H,1-2H2. The molecule has 0 aliphatic heterocycles. The van der Waals surface area contributed by atoms with E-state index in [1.54, 1.807) is 0 Å². The second kappa shape index (κ2) is 3.99. The van der Waals surface area contributed by atoms with Crippen LogP contribution in [0.3, 0.4) is 0 Å². The van der Waals surface area contributed by atoms with E-state index in [1.807, 2.05) is 0 Å². The molecule has 0 bridgehead atoms. The number of hydrogen-bond acceptors (Lipinski definition) is 0. The highest BCUT2D eigenvalue weighted by atomic mass is 19.4. The van der Waals surface area contributed by atoms with E-state index < -0.39 is 23.5 Å². The monoisotopic (exact) mass is 241 g/mol. The molecule has 0 saturated heterocycles. The van der Waals surface area contributed by atoms with Gasteiger partial charge in [0, 0.05) is 0 Å². The second-order valence-electron chi connectivity index (χ2n) is 3.12. The fourth-order valence-corrected chi connectivity index (χ4v) is 1.23. The molecule has 0 atom stereocenters. The highest BCUT2D eigenvalue weighted by Crippen LogP contribution is 2.37. The number of hydrogen-bond donors (Lipinski definition) is 0. The Kier molecular flexibility index (Phi) is 3.21. The lowest BCUT2D eigenvalue weighted by molar-refractivity contribution is -0.143. The zero-order valence-corrected chi connectivity index (χ0v) is 7.91. The van der Waals surface area contributed by atoms with Crippen LogP contribution in [0.4, 0.5) is 26.3 Å². The Morgan fingerprint density at radius 1 is 0.938 bits per heavy atom. The average molecular weight is 241 g/mol. The van der Waals surface area contributed by atoms with Crippen molar-refractivity contribution in [3.8, 4) is 0 Å². The summed E-state index contributed by atoms with van der Waals surface area (Å²) in [6, 6.07) is 1.54. The van der Waals surface area contributed by atoms with Gasteiger partial charge >= 0.3 is 12.4 Å². The first kappa shape index (κ1) is 12.9. The van der Waals surface area contributed by atoms with Gasteiger partial charge in [0.2, 0.25) is 0 Å². The van der Waals surface area contributed by atoms with Crippen molar-refractivity contribution < 1.29 is 26.3 Å².